The molecule has 0 aliphatic carbocycles. The van der Waals surface area contributed by atoms with Crippen LogP contribution in [-0.4, -0.2) is 31.9 Å². The number of hydrogen-bond donors (Lipinski definition) is 0. The molecule has 3 rings (SSSR count). The molecule has 1 atom stereocenters. The van der Waals surface area contributed by atoms with E-state index in [0.29, 0.717) is 12.3 Å². The first-order valence-electron chi connectivity index (χ1n) is 7.40. The molecular weight excluding hydrogens is 318 g/mol. The van der Waals surface area contributed by atoms with Crippen LogP contribution in [0.4, 0.5) is 0 Å². The average Bonchev–Trinajstić information content (AvgIpc) is 3.11. The standard InChI is InChI=1S/C16H19NO3S2/c18-22(19,12-15-7-4-8-20-15)11-14-10-21-16(17-14)9-13-5-2-1-3-6-13/h1-3,5-6,10,15H,4,7-9,11-12H2/t15-/m0/s1. The highest BCUT2D eigenvalue weighted by Gasteiger charge is 2.24. The molecule has 0 radical (unpaired) electrons. The molecule has 1 saturated heterocycles. The summed E-state index contributed by atoms with van der Waals surface area (Å²) in [7, 11) is -3.16. The zero-order valence-corrected chi connectivity index (χ0v) is 13.9. The molecule has 1 aliphatic rings. The van der Waals surface area contributed by atoms with Crippen molar-refractivity contribution in [2.75, 3.05) is 12.4 Å². The monoisotopic (exact) mass is 337 g/mol. The molecule has 0 unspecified atom stereocenters. The highest BCUT2D eigenvalue weighted by atomic mass is 32.2. The van der Waals surface area contributed by atoms with Gasteiger partial charge >= 0.3 is 0 Å². The molecule has 1 fully saturated rings. The van der Waals surface area contributed by atoms with Crippen molar-refractivity contribution in [1.29, 1.82) is 0 Å². The highest BCUT2D eigenvalue weighted by Crippen LogP contribution is 2.19. The third-order valence-electron chi connectivity index (χ3n) is 3.63. The van der Waals surface area contributed by atoms with Crippen molar-refractivity contribution in [3.8, 4) is 0 Å². The van der Waals surface area contributed by atoms with Gasteiger partial charge in [0, 0.05) is 18.4 Å². The van der Waals surface area contributed by atoms with Crippen molar-refractivity contribution >= 4 is 21.2 Å². The zero-order chi connectivity index (χ0) is 15.4. The predicted octanol–water partition coefficient (Wildman–Crippen LogP) is 2.83. The number of rotatable bonds is 6. The number of benzene rings is 1. The summed E-state index contributed by atoms with van der Waals surface area (Å²) in [6.45, 7) is 0.679. The maximum atomic E-state index is 12.2. The van der Waals surface area contributed by atoms with Gasteiger partial charge in [-0.3, -0.25) is 0 Å². The lowest BCUT2D eigenvalue weighted by Crippen LogP contribution is -2.21. The molecule has 22 heavy (non-hydrogen) atoms. The largest absolute Gasteiger partial charge is 0.377 e. The van der Waals surface area contributed by atoms with Gasteiger partial charge in [0.1, 0.15) is 0 Å². The van der Waals surface area contributed by atoms with E-state index < -0.39 is 9.84 Å². The minimum atomic E-state index is -3.16. The second kappa shape index (κ2) is 6.89. The minimum Gasteiger partial charge on any atom is -0.377 e. The molecular formula is C16H19NO3S2. The van der Waals surface area contributed by atoms with Crippen LogP contribution in [0.3, 0.4) is 0 Å². The van der Waals surface area contributed by atoms with Gasteiger partial charge in [-0.25, -0.2) is 13.4 Å². The van der Waals surface area contributed by atoms with Crippen molar-refractivity contribution in [2.24, 2.45) is 0 Å². The highest BCUT2D eigenvalue weighted by molar-refractivity contribution is 7.90. The van der Waals surface area contributed by atoms with Crippen molar-refractivity contribution in [1.82, 2.24) is 4.98 Å². The Hall–Kier alpha value is -1.24. The molecule has 1 aliphatic heterocycles. The first-order valence-corrected chi connectivity index (χ1v) is 10.1. The maximum Gasteiger partial charge on any atom is 0.158 e. The van der Waals surface area contributed by atoms with Gasteiger partial charge in [-0.15, -0.1) is 11.3 Å². The molecule has 6 heteroatoms. The van der Waals surface area contributed by atoms with Crippen LogP contribution < -0.4 is 0 Å². The van der Waals surface area contributed by atoms with Gasteiger partial charge < -0.3 is 4.74 Å². The van der Waals surface area contributed by atoms with E-state index in [4.69, 9.17) is 4.74 Å². The lowest BCUT2D eigenvalue weighted by atomic mass is 10.2. The smallest absolute Gasteiger partial charge is 0.158 e. The van der Waals surface area contributed by atoms with Crippen LogP contribution in [0.2, 0.25) is 0 Å². The second-order valence-corrected chi connectivity index (χ2v) is 8.64. The Labute approximate surface area is 135 Å². The van der Waals surface area contributed by atoms with Gasteiger partial charge in [-0.2, -0.15) is 0 Å². The average molecular weight is 337 g/mol. The molecule has 2 heterocycles. The number of sulfone groups is 1. The summed E-state index contributed by atoms with van der Waals surface area (Å²) in [4.78, 5) is 4.46. The fourth-order valence-corrected chi connectivity index (χ4v) is 5.09. The van der Waals surface area contributed by atoms with Crippen LogP contribution in [0.25, 0.3) is 0 Å². The molecule has 0 amide bonds. The lowest BCUT2D eigenvalue weighted by Gasteiger charge is -2.08. The Bertz CT molecular complexity index is 704. The quantitative estimate of drug-likeness (QED) is 0.813. The second-order valence-electron chi connectivity index (χ2n) is 5.58. The van der Waals surface area contributed by atoms with Crippen LogP contribution in [0.15, 0.2) is 35.7 Å². The van der Waals surface area contributed by atoms with Gasteiger partial charge in [0.05, 0.1) is 28.3 Å². The first kappa shape index (κ1) is 15.6. The van der Waals surface area contributed by atoms with Gasteiger partial charge in [0.2, 0.25) is 0 Å². The van der Waals surface area contributed by atoms with Crippen LogP contribution >= 0.6 is 11.3 Å². The summed E-state index contributed by atoms with van der Waals surface area (Å²) in [5, 5.41) is 2.80. The number of aromatic nitrogens is 1. The molecule has 0 saturated carbocycles. The summed E-state index contributed by atoms with van der Waals surface area (Å²) in [5.74, 6) is 0.122. The molecule has 2 aromatic rings. The minimum absolute atomic E-state index is 0.0121. The van der Waals surface area contributed by atoms with Gasteiger partial charge in [0.25, 0.3) is 0 Å². The maximum absolute atomic E-state index is 12.2. The van der Waals surface area contributed by atoms with E-state index in [1.54, 1.807) is 0 Å². The van der Waals surface area contributed by atoms with E-state index in [2.05, 4.69) is 17.1 Å². The Kier molecular flexibility index (Phi) is 4.90. The first-order chi connectivity index (χ1) is 10.6. The van der Waals surface area contributed by atoms with Crippen LogP contribution in [0.5, 0.6) is 0 Å². The summed E-state index contributed by atoms with van der Waals surface area (Å²) in [6, 6.07) is 10.1. The molecule has 118 valence electrons. The Balaban J connectivity index is 1.61. The van der Waals surface area contributed by atoms with Crippen molar-refractivity contribution in [2.45, 2.75) is 31.1 Å². The fourth-order valence-electron chi connectivity index (χ4n) is 2.61. The van der Waals surface area contributed by atoms with Crippen molar-refractivity contribution in [3.05, 3.63) is 52.0 Å². The molecule has 1 aromatic heterocycles. The SMILES string of the molecule is O=S(=O)(Cc1csc(Cc2ccccc2)n1)C[C@@H]1CCCO1. The van der Waals surface area contributed by atoms with Crippen molar-refractivity contribution < 1.29 is 13.2 Å². The predicted molar refractivity (Wildman–Crippen MR) is 87.8 cm³/mol. The summed E-state index contributed by atoms with van der Waals surface area (Å²) < 4.78 is 29.8. The molecule has 0 bridgehead atoms. The Morgan fingerprint density at radius 1 is 1.27 bits per heavy atom. The summed E-state index contributed by atoms with van der Waals surface area (Å²) in [6.07, 6.45) is 2.41. The molecule has 0 N–H and O–H groups in total. The fraction of sp³-hybridized carbons (Fsp3) is 0.438. The zero-order valence-electron chi connectivity index (χ0n) is 12.3. The third-order valence-corrected chi connectivity index (χ3v) is 6.14. The number of thiazole rings is 1. The van der Waals surface area contributed by atoms with E-state index in [9.17, 15) is 8.42 Å². The van der Waals surface area contributed by atoms with Crippen LogP contribution in [-0.2, 0) is 26.7 Å². The number of hydrogen-bond acceptors (Lipinski definition) is 5. The van der Waals surface area contributed by atoms with Crippen LogP contribution in [0.1, 0.15) is 29.1 Å². The van der Waals surface area contributed by atoms with E-state index in [1.165, 1.54) is 16.9 Å². The summed E-state index contributed by atoms with van der Waals surface area (Å²) >= 11 is 1.52. The van der Waals surface area contributed by atoms with E-state index in [-0.39, 0.29) is 17.6 Å². The van der Waals surface area contributed by atoms with Gasteiger partial charge in [-0.1, -0.05) is 30.3 Å². The normalized spacial score (nSPS) is 18.6. The Morgan fingerprint density at radius 3 is 2.82 bits per heavy atom. The third kappa shape index (κ3) is 4.38. The summed E-state index contributed by atoms with van der Waals surface area (Å²) in [5.41, 5.74) is 1.83. The molecule has 0 spiro atoms. The van der Waals surface area contributed by atoms with Crippen LogP contribution in [0, 0.1) is 0 Å². The van der Waals surface area contributed by atoms with E-state index >= 15 is 0 Å². The van der Waals surface area contributed by atoms with Gasteiger partial charge in [0.15, 0.2) is 9.84 Å². The Morgan fingerprint density at radius 2 is 2.09 bits per heavy atom. The van der Waals surface area contributed by atoms with E-state index in [0.717, 1.165) is 24.3 Å². The lowest BCUT2D eigenvalue weighted by molar-refractivity contribution is 0.127. The number of nitrogens with zero attached hydrogens (tertiary/aromatic N) is 1. The van der Waals surface area contributed by atoms with Crippen molar-refractivity contribution in [3.63, 3.8) is 0 Å². The number of ether oxygens (including phenoxy) is 1. The van der Waals surface area contributed by atoms with E-state index in [1.807, 2.05) is 23.6 Å². The topological polar surface area (TPSA) is 56.3 Å². The van der Waals surface area contributed by atoms with Gasteiger partial charge in [-0.05, 0) is 18.4 Å². The molecule has 1 aromatic carbocycles. The molecule has 4 nitrogen and oxygen atoms in total.